The molecule has 4 nitrogen and oxygen atoms in total. The molecule has 0 spiro atoms. The zero-order valence-corrected chi connectivity index (χ0v) is 10.5. The summed E-state index contributed by atoms with van der Waals surface area (Å²) in [5.41, 5.74) is -2.63. The molecule has 0 bridgehead atoms. The molecule has 0 amide bonds. The second-order valence-corrected chi connectivity index (χ2v) is 4.61. The molecular weight excluding hydrogens is 251 g/mol. The van der Waals surface area contributed by atoms with Crippen molar-refractivity contribution in [2.45, 2.75) is 32.5 Å². The average molecular weight is 269 g/mol. The third-order valence-electron chi connectivity index (χ3n) is 3.44. The lowest BCUT2D eigenvalue weighted by Crippen LogP contribution is -2.48. The Hall–Kier alpha value is -0.820. The van der Waals surface area contributed by atoms with Gasteiger partial charge in [-0.1, -0.05) is 0 Å². The zero-order valence-electron chi connectivity index (χ0n) is 10.5. The van der Waals surface area contributed by atoms with Crippen molar-refractivity contribution in [1.82, 2.24) is 4.90 Å². The Kier molecular flexibility index (Phi) is 4.61. The SMILES string of the molecule is CCOCC(C)N1CCC(C(=O)O)(C(F)(F)F)C1. The lowest BCUT2D eigenvalue weighted by Gasteiger charge is -2.29. The molecule has 1 fully saturated rings. The third kappa shape index (κ3) is 2.77. The molecule has 2 unspecified atom stereocenters. The van der Waals surface area contributed by atoms with Crippen LogP contribution in [0.25, 0.3) is 0 Å². The monoisotopic (exact) mass is 269 g/mol. The van der Waals surface area contributed by atoms with Crippen molar-refractivity contribution in [3.05, 3.63) is 0 Å². The van der Waals surface area contributed by atoms with E-state index in [0.29, 0.717) is 13.2 Å². The van der Waals surface area contributed by atoms with E-state index in [1.807, 2.05) is 0 Å². The minimum absolute atomic E-state index is 0.125. The Bertz CT molecular complexity index is 308. The fraction of sp³-hybridized carbons (Fsp3) is 0.909. The molecule has 0 aromatic carbocycles. The molecule has 1 N–H and O–H groups in total. The van der Waals surface area contributed by atoms with E-state index in [4.69, 9.17) is 9.84 Å². The third-order valence-corrected chi connectivity index (χ3v) is 3.44. The van der Waals surface area contributed by atoms with Gasteiger partial charge in [0.25, 0.3) is 0 Å². The molecular formula is C11H18F3NO3. The number of hydrogen-bond donors (Lipinski definition) is 1. The van der Waals surface area contributed by atoms with Crippen molar-refractivity contribution >= 4 is 5.97 Å². The van der Waals surface area contributed by atoms with Crippen LogP contribution >= 0.6 is 0 Å². The number of hydrogen-bond acceptors (Lipinski definition) is 3. The molecule has 1 rings (SSSR count). The number of alkyl halides is 3. The van der Waals surface area contributed by atoms with Gasteiger partial charge < -0.3 is 9.84 Å². The lowest BCUT2D eigenvalue weighted by atomic mass is 9.86. The maximum absolute atomic E-state index is 12.9. The molecule has 0 aromatic rings. The predicted octanol–water partition coefficient (Wildman–Crippen LogP) is 1.75. The predicted molar refractivity (Wildman–Crippen MR) is 58.3 cm³/mol. The second-order valence-electron chi connectivity index (χ2n) is 4.61. The number of carboxylic acids is 1. The number of rotatable bonds is 5. The largest absolute Gasteiger partial charge is 0.481 e. The Labute approximate surface area is 104 Å². The van der Waals surface area contributed by atoms with Crippen molar-refractivity contribution in [2.75, 3.05) is 26.3 Å². The van der Waals surface area contributed by atoms with Crippen LogP contribution in [0.3, 0.4) is 0 Å². The first-order valence-corrected chi connectivity index (χ1v) is 5.86. The number of carboxylic acid groups (broad SMARTS) is 1. The highest BCUT2D eigenvalue weighted by Gasteiger charge is 2.63. The minimum Gasteiger partial charge on any atom is -0.481 e. The summed E-state index contributed by atoms with van der Waals surface area (Å²) in [5.74, 6) is -1.79. The maximum Gasteiger partial charge on any atom is 0.406 e. The van der Waals surface area contributed by atoms with Crippen LogP contribution in [-0.4, -0.2) is 54.5 Å². The van der Waals surface area contributed by atoms with Crippen LogP contribution in [-0.2, 0) is 9.53 Å². The standard InChI is InChI=1S/C11H18F3NO3/c1-3-18-6-8(2)15-5-4-10(7-15,9(16)17)11(12,13)14/h8H,3-7H2,1-2H3,(H,16,17). The molecule has 1 heterocycles. The Morgan fingerprint density at radius 3 is 2.56 bits per heavy atom. The first-order valence-electron chi connectivity index (χ1n) is 5.86. The quantitative estimate of drug-likeness (QED) is 0.826. The van der Waals surface area contributed by atoms with E-state index in [0.717, 1.165) is 0 Å². The normalized spacial score (nSPS) is 27.4. The zero-order chi connectivity index (χ0) is 14.0. The molecule has 2 atom stereocenters. The summed E-state index contributed by atoms with van der Waals surface area (Å²) in [6.07, 6.45) is -5.12. The van der Waals surface area contributed by atoms with Crippen molar-refractivity contribution in [3.8, 4) is 0 Å². The molecule has 7 heteroatoms. The topological polar surface area (TPSA) is 49.8 Å². The van der Waals surface area contributed by atoms with E-state index < -0.39 is 30.5 Å². The molecule has 0 aliphatic carbocycles. The van der Waals surface area contributed by atoms with Crippen LogP contribution in [0.4, 0.5) is 13.2 Å². The maximum atomic E-state index is 12.9. The molecule has 0 radical (unpaired) electrons. The van der Waals surface area contributed by atoms with Gasteiger partial charge in [-0.2, -0.15) is 13.2 Å². The smallest absolute Gasteiger partial charge is 0.406 e. The minimum atomic E-state index is -4.72. The second kappa shape index (κ2) is 5.44. The number of carbonyl (C=O) groups is 1. The van der Waals surface area contributed by atoms with Crippen LogP contribution in [0.1, 0.15) is 20.3 Å². The van der Waals surface area contributed by atoms with Crippen molar-refractivity contribution in [3.63, 3.8) is 0 Å². The lowest BCUT2D eigenvalue weighted by molar-refractivity contribution is -0.228. The van der Waals surface area contributed by atoms with Crippen LogP contribution in [0.5, 0.6) is 0 Å². The van der Waals surface area contributed by atoms with Crippen LogP contribution in [0.15, 0.2) is 0 Å². The summed E-state index contributed by atoms with van der Waals surface area (Å²) >= 11 is 0. The van der Waals surface area contributed by atoms with Gasteiger partial charge in [-0.05, 0) is 20.3 Å². The van der Waals surface area contributed by atoms with Gasteiger partial charge in [-0.25, -0.2) is 0 Å². The highest BCUT2D eigenvalue weighted by atomic mass is 19.4. The summed E-state index contributed by atoms with van der Waals surface area (Å²) in [7, 11) is 0. The van der Waals surface area contributed by atoms with E-state index >= 15 is 0 Å². The Balaban J connectivity index is 2.75. The van der Waals surface area contributed by atoms with Crippen LogP contribution in [0.2, 0.25) is 0 Å². The highest BCUT2D eigenvalue weighted by molar-refractivity contribution is 5.76. The van der Waals surface area contributed by atoms with E-state index in [-0.39, 0.29) is 12.6 Å². The first-order chi connectivity index (χ1) is 8.24. The average Bonchev–Trinajstić information content (AvgIpc) is 2.71. The summed E-state index contributed by atoms with van der Waals surface area (Å²) in [6.45, 7) is 3.96. The molecule has 1 aliphatic rings. The highest BCUT2D eigenvalue weighted by Crippen LogP contribution is 2.46. The van der Waals surface area contributed by atoms with Gasteiger partial charge in [0.1, 0.15) is 0 Å². The first kappa shape index (κ1) is 15.2. The fourth-order valence-corrected chi connectivity index (χ4v) is 2.14. The molecule has 106 valence electrons. The van der Waals surface area contributed by atoms with Crippen LogP contribution in [0, 0.1) is 5.41 Å². The summed E-state index contributed by atoms with van der Waals surface area (Å²) in [5, 5.41) is 8.90. The number of ether oxygens (including phenoxy) is 1. The summed E-state index contributed by atoms with van der Waals surface area (Å²) < 4.78 is 43.9. The van der Waals surface area contributed by atoms with E-state index in [1.54, 1.807) is 13.8 Å². The summed E-state index contributed by atoms with van der Waals surface area (Å²) in [4.78, 5) is 12.5. The Morgan fingerprint density at radius 2 is 2.17 bits per heavy atom. The molecule has 0 aromatic heterocycles. The van der Waals surface area contributed by atoms with Gasteiger partial charge in [0, 0.05) is 25.7 Å². The number of aliphatic carboxylic acids is 1. The molecule has 18 heavy (non-hydrogen) atoms. The molecule has 1 saturated heterocycles. The van der Waals surface area contributed by atoms with Crippen LogP contribution < -0.4 is 0 Å². The fourth-order valence-electron chi connectivity index (χ4n) is 2.14. The van der Waals surface area contributed by atoms with Crippen molar-refractivity contribution in [1.29, 1.82) is 0 Å². The van der Waals surface area contributed by atoms with Crippen molar-refractivity contribution < 1.29 is 27.8 Å². The van der Waals surface area contributed by atoms with Gasteiger partial charge in [0.2, 0.25) is 0 Å². The van der Waals surface area contributed by atoms with E-state index in [2.05, 4.69) is 0 Å². The number of likely N-dealkylation sites (tertiary alicyclic amines) is 1. The molecule has 0 saturated carbocycles. The van der Waals surface area contributed by atoms with E-state index in [1.165, 1.54) is 4.90 Å². The van der Waals surface area contributed by atoms with Gasteiger partial charge >= 0.3 is 12.1 Å². The van der Waals surface area contributed by atoms with Gasteiger partial charge in [0.05, 0.1) is 6.61 Å². The van der Waals surface area contributed by atoms with Gasteiger partial charge in [-0.15, -0.1) is 0 Å². The Morgan fingerprint density at radius 1 is 1.56 bits per heavy atom. The molecule has 1 aliphatic heterocycles. The number of halogens is 3. The van der Waals surface area contributed by atoms with Gasteiger partial charge in [-0.3, -0.25) is 9.69 Å². The number of nitrogens with zero attached hydrogens (tertiary/aromatic N) is 1. The van der Waals surface area contributed by atoms with Gasteiger partial charge in [0.15, 0.2) is 5.41 Å². The van der Waals surface area contributed by atoms with Crippen molar-refractivity contribution in [2.24, 2.45) is 5.41 Å². The summed E-state index contributed by atoms with van der Waals surface area (Å²) in [6, 6.07) is -0.214. The van der Waals surface area contributed by atoms with E-state index in [9.17, 15) is 18.0 Å².